The number of aryl methyl sites for hydroxylation is 2. The molecule has 1 unspecified atom stereocenters. The Hall–Kier alpha value is -1.72. The fourth-order valence-corrected chi connectivity index (χ4v) is 3.60. The molecule has 5 heteroatoms. The summed E-state index contributed by atoms with van der Waals surface area (Å²) >= 11 is 0. The van der Waals surface area contributed by atoms with Gasteiger partial charge in [-0.15, -0.1) is 0 Å². The van der Waals surface area contributed by atoms with Crippen LogP contribution in [0.5, 0.6) is 0 Å². The smallest absolute Gasteiger partial charge is 0.198 e. The van der Waals surface area contributed by atoms with E-state index in [-0.39, 0.29) is 10.8 Å². The standard InChI is InChI=1S/C16H19NO3S/c1-12-7-8-13(2)14(10-12)15(20-3)11-21(18,19)16-6-4-5-9-17-16/h4-10,15H,11H2,1-3H3. The van der Waals surface area contributed by atoms with E-state index in [2.05, 4.69) is 4.98 Å². The van der Waals surface area contributed by atoms with E-state index in [1.807, 2.05) is 32.0 Å². The number of pyridine rings is 1. The minimum Gasteiger partial charge on any atom is -0.376 e. The third-order valence-electron chi connectivity index (χ3n) is 3.39. The van der Waals surface area contributed by atoms with E-state index in [1.54, 1.807) is 12.1 Å². The van der Waals surface area contributed by atoms with Crippen LogP contribution in [-0.2, 0) is 14.6 Å². The molecule has 0 saturated heterocycles. The second-order valence-corrected chi connectivity index (χ2v) is 7.01. The molecule has 112 valence electrons. The lowest BCUT2D eigenvalue weighted by Crippen LogP contribution is -2.18. The van der Waals surface area contributed by atoms with Crippen LogP contribution in [-0.4, -0.2) is 26.3 Å². The molecule has 21 heavy (non-hydrogen) atoms. The van der Waals surface area contributed by atoms with Crippen LogP contribution in [0, 0.1) is 13.8 Å². The normalized spacial score (nSPS) is 13.1. The van der Waals surface area contributed by atoms with E-state index in [0.29, 0.717) is 0 Å². The van der Waals surface area contributed by atoms with Crippen LogP contribution in [0.4, 0.5) is 0 Å². The highest BCUT2D eigenvalue weighted by Gasteiger charge is 2.24. The van der Waals surface area contributed by atoms with Crippen molar-refractivity contribution in [1.29, 1.82) is 0 Å². The van der Waals surface area contributed by atoms with Crippen molar-refractivity contribution in [1.82, 2.24) is 4.98 Å². The van der Waals surface area contributed by atoms with Gasteiger partial charge in [-0.3, -0.25) is 0 Å². The third-order valence-corrected chi connectivity index (χ3v) is 5.01. The van der Waals surface area contributed by atoms with Crippen LogP contribution >= 0.6 is 0 Å². The SMILES string of the molecule is COC(CS(=O)(=O)c1ccccn1)c1cc(C)ccc1C. The molecule has 4 nitrogen and oxygen atoms in total. The van der Waals surface area contributed by atoms with Gasteiger partial charge < -0.3 is 4.74 Å². The summed E-state index contributed by atoms with van der Waals surface area (Å²) < 4.78 is 30.3. The number of hydrogen-bond acceptors (Lipinski definition) is 4. The molecule has 1 aromatic carbocycles. The Kier molecular flexibility index (Phi) is 4.75. The first-order valence-corrected chi connectivity index (χ1v) is 8.33. The van der Waals surface area contributed by atoms with E-state index >= 15 is 0 Å². The quantitative estimate of drug-likeness (QED) is 0.852. The highest BCUT2D eigenvalue weighted by atomic mass is 32.2. The highest BCUT2D eigenvalue weighted by Crippen LogP contribution is 2.25. The summed E-state index contributed by atoms with van der Waals surface area (Å²) in [5.41, 5.74) is 2.99. The molecule has 0 radical (unpaired) electrons. The summed E-state index contributed by atoms with van der Waals surface area (Å²) in [5.74, 6) is -0.120. The number of sulfone groups is 1. The molecule has 0 saturated carbocycles. The van der Waals surface area contributed by atoms with Crippen LogP contribution in [0.2, 0.25) is 0 Å². The number of ether oxygens (including phenoxy) is 1. The van der Waals surface area contributed by atoms with Crippen molar-refractivity contribution in [3.05, 3.63) is 59.3 Å². The minimum absolute atomic E-state index is 0.0809. The van der Waals surface area contributed by atoms with Gasteiger partial charge in [-0.25, -0.2) is 13.4 Å². The molecule has 0 N–H and O–H groups in total. The predicted molar refractivity (Wildman–Crippen MR) is 82.0 cm³/mol. The molecule has 0 bridgehead atoms. The first kappa shape index (κ1) is 15.7. The lowest BCUT2D eigenvalue weighted by atomic mass is 10.0. The molecule has 0 aliphatic heterocycles. The van der Waals surface area contributed by atoms with Crippen LogP contribution in [0.25, 0.3) is 0 Å². The van der Waals surface area contributed by atoms with Gasteiger partial charge in [0.2, 0.25) is 0 Å². The van der Waals surface area contributed by atoms with Crippen molar-refractivity contribution in [3.8, 4) is 0 Å². The van der Waals surface area contributed by atoms with Gasteiger partial charge in [-0.2, -0.15) is 0 Å². The molecule has 2 rings (SSSR count). The fourth-order valence-electron chi connectivity index (χ4n) is 2.21. The van der Waals surface area contributed by atoms with Gasteiger partial charge in [0.05, 0.1) is 11.9 Å². The van der Waals surface area contributed by atoms with Gasteiger partial charge >= 0.3 is 0 Å². The van der Waals surface area contributed by atoms with Gasteiger partial charge in [0.1, 0.15) is 0 Å². The monoisotopic (exact) mass is 305 g/mol. The third kappa shape index (κ3) is 3.68. The van der Waals surface area contributed by atoms with Crippen molar-refractivity contribution in [3.63, 3.8) is 0 Å². The molecule has 1 aromatic heterocycles. The van der Waals surface area contributed by atoms with Gasteiger partial charge in [0.15, 0.2) is 14.9 Å². The molecule has 1 atom stereocenters. The van der Waals surface area contributed by atoms with Crippen LogP contribution in [0.15, 0.2) is 47.6 Å². The summed E-state index contributed by atoms with van der Waals surface area (Å²) in [5, 5.41) is 0.0809. The van der Waals surface area contributed by atoms with Crippen LogP contribution in [0.3, 0.4) is 0 Å². The van der Waals surface area contributed by atoms with Crippen molar-refractivity contribution >= 4 is 9.84 Å². The molecule has 0 aliphatic rings. The second kappa shape index (κ2) is 6.37. The lowest BCUT2D eigenvalue weighted by Gasteiger charge is -2.18. The first-order chi connectivity index (χ1) is 9.94. The maximum absolute atomic E-state index is 12.4. The number of hydrogen-bond donors (Lipinski definition) is 0. The van der Waals surface area contributed by atoms with Crippen LogP contribution in [0.1, 0.15) is 22.8 Å². The van der Waals surface area contributed by atoms with Crippen molar-refractivity contribution < 1.29 is 13.2 Å². The van der Waals surface area contributed by atoms with E-state index in [0.717, 1.165) is 16.7 Å². The number of benzene rings is 1. The lowest BCUT2D eigenvalue weighted by molar-refractivity contribution is 0.121. The Bertz CT molecular complexity index is 712. The number of nitrogens with zero attached hydrogens (tertiary/aromatic N) is 1. The van der Waals surface area contributed by atoms with Crippen molar-refractivity contribution in [2.75, 3.05) is 12.9 Å². The first-order valence-electron chi connectivity index (χ1n) is 6.68. The largest absolute Gasteiger partial charge is 0.376 e. The summed E-state index contributed by atoms with van der Waals surface area (Å²) in [6, 6.07) is 10.8. The second-order valence-electron chi connectivity index (χ2n) is 5.03. The number of rotatable bonds is 5. The predicted octanol–water partition coefficient (Wildman–Crippen LogP) is 2.86. The van der Waals surface area contributed by atoms with E-state index in [9.17, 15) is 8.42 Å². The highest BCUT2D eigenvalue weighted by molar-refractivity contribution is 7.91. The maximum Gasteiger partial charge on any atom is 0.198 e. The zero-order valence-corrected chi connectivity index (χ0v) is 13.2. The Labute approximate surface area is 125 Å². The average Bonchev–Trinajstić information content (AvgIpc) is 2.48. The fraction of sp³-hybridized carbons (Fsp3) is 0.312. The Balaban J connectivity index is 2.33. The summed E-state index contributed by atoms with van der Waals surface area (Å²) in [4.78, 5) is 3.93. The minimum atomic E-state index is -3.49. The zero-order valence-electron chi connectivity index (χ0n) is 12.4. The molecular formula is C16H19NO3S. The van der Waals surface area contributed by atoms with Crippen molar-refractivity contribution in [2.24, 2.45) is 0 Å². The number of methoxy groups -OCH3 is 1. The molecule has 1 heterocycles. The van der Waals surface area contributed by atoms with E-state index in [4.69, 9.17) is 4.74 Å². The molecule has 0 amide bonds. The Morgan fingerprint density at radius 3 is 2.57 bits per heavy atom. The molecule has 0 fully saturated rings. The topological polar surface area (TPSA) is 56.3 Å². The Morgan fingerprint density at radius 1 is 1.19 bits per heavy atom. The molecule has 0 spiro atoms. The molecule has 0 aliphatic carbocycles. The van der Waals surface area contributed by atoms with Gasteiger partial charge in [0.25, 0.3) is 0 Å². The molecular weight excluding hydrogens is 286 g/mol. The summed E-state index contributed by atoms with van der Waals surface area (Å²) in [7, 11) is -1.96. The van der Waals surface area contributed by atoms with Gasteiger partial charge in [0, 0.05) is 13.3 Å². The van der Waals surface area contributed by atoms with Gasteiger partial charge in [-0.1, -0.05) is 29.8 Å². The van der Waals surface area contributed by atoms with Gasteiger partial charge in [-0.05, 0) is 37.1 Å². The summed E-state index contributed by atoms with van der Waals surface area (Å²) in [6.45, 7) is 3.93. The number of aromatic nitrogens is 1. The van der Waals surface area contributed by atoms with Crippen molar-refractivity contribution in [2.45, 2.75) is 25.0 Å². The van der Waals surface area contributed by atoms with E-state index in [1.165, 1.54) is 19.4 Å². The zero-order chi connectivity index (χ0) is 15.5. The van der Waals surface area contributed by atoms with E-state index < -0.39 is 15.9 Å². The maximum atomic E-state index is 12.4. The summed E-state index contributed by atoms with van der Waals surface area (Å²) in [6.07, 6.45) is 0.976. The average molecular weight is 305 g/mol. The van der Waals surface area contributed by atoms with Crippen LogP contribution < -0.4 is 0 Å². The Morgan fingerprint density at radius 2 is 1.95 bits per heavy atom. The molecule has 2 aromatic rings.